The molecule has 0 amide bonds. The van der Waals surface area contributed by atoms with Gasteiger partial charge < -0.3 is 9.47 Å². The monoisotopic (exact) mass is 376 g/mol. The van der Waals surface area contributed by atoms with Crippen LogP contribution in [0.15, 0.2) is 27.8 Å². The van der Waals surface area contributed by atoms with Gasteiger partial charge in [-0.25, -0.2) is 18.1 Å². The molecular formula is C11H13BrN4O4S. The van der Waals surface area contributed by atoms with Gasteiger partial charge in [0, 0.05) is 10.5 Å². The van der Waals surface area contributed by atoms with Gasteiger partial charge in [0.05, 0.1) is 20.8 Å². The Kier molecular flexibility index (Phi) is 4.80. The lowest BCUT2D eigenvalue weighted by Crippen LogP contribution is -2.24. The third kappa shape index (κ3) is 3.52. The van der Waals surface area contributed by atoms with E-state index >= 15 is 0 Å². The Morgan fingerprint density at radius 2 is 1.95 bits per heavy atom. The zero-order valence-corrected chi connectivity index (χ0v) is 13.7. The Bertz CT molecular complexity index is 718. The van der Waals surface area contributed by atoms with Crippen LogP contribution in [-0.4, -0.2) is 37.8 Å². The fourth-order valence-corrected chi connectivity index (χ4v) is 3.62. The Labute approximate surface area is 130 Å². The SMILES string of the molecule is COc1cc(Br)c(S(=O)(=O)NCc2ncn[nH]2)cc1OC. The van der Waals surface area contributed by atoms with E-state index in [1.54, 1.807) is 0 Å². The number of benzene rings is 1. The minimum Gasteiger partial charge on any atom is -0.493 e. The van der Waals surface area contributed by atoms with Crippen molar-refractivity contribution in [3.63, 3.8) is 0 Å². The number of aromatic amines is 1. The van der Waals surface area contributed by atoms with Crippen LogP contribution < -0.4 is 14.2 Å². The maximum Gasteiger partial charge on any atom is 0.242 e. The molecule has 21 heavy (non-hydrogen) atoms. The number of rotatable bonds is 6. The van der Waals surface area contributed by atoms with Crippen molar-refractivity contribution in [2.24, 2.45) is 0 Å². The van der Waals surface area contributed by atoms with Gasteiger partial charge in [0.2, 0.25) is 10.0 Å². The molecular weight excluding hydrogens is 364 g/mol. The molecule has 0 bridgehead atoms. The van der Waals surface area contributed by atoms with Gasteiger partial charge in [-0.05, 0) is 22.0 Å². The highest BCUT2D eigenvalue weighted by atomic mass is 79.9. The average Bonchev–Trinajstić information content (AvgIpc) is 2.98. The number of nitrogens with zero attached hydrogens (tertiary/aromatic N) is 2. The highest BCUT2D eigenvalue weighted by Crippen LogP contribution is 2.35. The van der Waals surface area contributed by atoms with E-state index in [0.717, 1.165) is 0 Å². The molecule has 2 rings (SSSR count). The summed E-state index contributed by atoms with van der Waals surface area (Å²) in [6.45, 7) is 0.00309. The minimum absolute atomic E-state index is 0.00309. The van der Waals surface area contributed by atoms with Crippen molar-refractivity contribution in [1.82, 2.24) is 19.9 Å². The number of H-pyrrole nitrogens is 1. The van der Waals surface area contributed by atoms with Crippen molar-refractivity contribution in [2.75, 3.05) is 14.2 Å². The van der Waals surface area contributed by atoms with Crippen LogP contribution in [-0.2, 0) is 16.6 Å². The quantitative estimate of drug-likeness (QED) is 0.780. The van der Waals surface area contributed by atoms with E-state index in [1.807, 2.05) is 0 Å². The summed E-state index contributed by atoms with van der Waals surface area (Å²) in [6, 6.07) is 2.91. The number of sulfonamides is 1. The molecule has 2 aromatic rings. The molecule has 1 heterocycles. The Balaban J connectivity index is 2.31. The average molecular weight is 377 g/mol. The maximum absolute atomic E-state index is 12.3. The molecule has 0 aliphatic carbocycles. The van der Waals surface area contributed by atoms with Crippen LogP contribution in [0.1, 0.15) is 5.82 Å². The standard InChI is InChI=1S/C11H13BrN4O4S/c1-19-8-3-7(12)10(4-9(8)20-2)21(17,18)15-5-11-13-6-14-16-11/h3-4,6,15H,5H2,1-2H3,(H,13,14,16). The molecule has 2 N–H and O–H groups in total. The third-order valence-corrected chi connectivity index (χ3v) is 4.98. The van der Waals surface area contributed by atoms with E-state index in [-0.39, 0.29) is 11.4 Å². The number of methoxy groups -OCH3 is 2. The predicted molar refractivity (Wildman–Crippen MR) is 77.7 cm³/mol. The minimum atomic E-state index is -3.74. The summed E-state index contributed by atoms with van der Waals surface area (Å²) in [5.74, 6) is 1.16. The number of aromatic nitrogens is 3. The Morgan fingerprint density at radius 1 is 1.29 bits per heavy atom. The van der Waals surface area contributed by atoms with Gasteiger partial charge in [-0.1, -0.05) is 0 Å². The number of halogens is 1. The van der Waals surface area contributed by atoms with E-state index < -0.39 is 10.0 Å². The summed E-state index contributed by atoms with van der Waals surface area (Å²) in [5, 5.41) is 6.22. The van der Waals surface area contributed by atoms with Crippen LogP contribution >= 0.6 is 15.9 Å². The second kappa shape index (κ2) is 6.41. The van der Waals surface area contributed by atoms with Crippen molar-refractivity contribution in [2.45, 2.75) is 11.4 Å². The second-order valence-corrected chi connectivity index (χ2v) is 6.48. The number of hydrogen-bond donors (Lipinski definition) is 2. The van der Waals surface area contributed by atoms with E-state index in [1.165, 1.54) is 32.7 Å². The van der Waals surface area contributed by atoms with Crippen LogP contribution in [0.3, 0.4) is 0 Å². The first-order valence-electron chi connectivity index (χ1n) is 5.73. The maximum atomic E-state index is 12.3. The van der Waals surface area contributed by atoms with Crippen LogP contribution in [0.4, 0.5) is 0 Å². The van der Waals surface area contributed by atoms with Gasteiger partial charge in [0.25, 0.3) is 0 Å². The number of ether oxygens (including phenoxy) is 2. The fraction of sp³-hybridized carbons (Fsp3) is 0.273. The molecule has 10 heteroatoms. The van der Waals surface area contributed by atoms with Gasteiger partial charge in [-0.15, -0.1) is 0 Å². The van der Waals surface area contributed by atoms with Gasteiger partial charge in [0.15, 0.2) is 11.5 Å². The summed E-state index contributed by atoms with van der Waals surface area (Å²) in [4.78, 5) is 3.89. The molecule has 0 unspecified atom stereocenters. The lowest BCUT2D eigenvalue weighted by Gasteiger charge is -2.12. The first kappa shape index (κ1) is 15.7. The highest BCUT2D eigenvalue weighted by Gasteiger charge is 2.21. The summed E-state index contributed by atoms with van der Waals surface area (Å²) in [5.41, 5.74) is 0. The first-order chi connectivity index (χ1) is 9.97. The molecule has 0 saturated carbocycles. The van der Waals surface area contributed by atoms with Crippen molar-refractivity contribution >= 4 is 26.0 Å². The lowest BCUT2D eigenvalue weighted by molar-refractivity contribution is 0.353. The normalized spacial score (nSPS) is 11.4. The van der Waals surface area contributed by atoms with Crippen molar-refractivity contribution in [3.8, 4) is 11.5 Å². The van der Waals surface area contributed by atoms with E-state index in [0.29, 0.717) is 21.8 Å². The molecule has 0 saturated heterocycles. The highest BCUT2D eigenvalue weighted by molar-refractivity contribution is 9.10. The van der Waals surface area contributed by atoms with Crippen LogP contribution in [0.2, 0.25) is 0 Å². The number of nitrogens with one attached hydrogen (secondary N) is 2. The zero-order valence-electron chi connectivity index (χ0n) is 11.3. The molecule has 0 aliphatic rings. The molecule has 1 aromatic carbocycles. The van der Waals surface area contributed by atoms with E-state index in [2.05, 4.69) is 35.8 Å². The molecule has 0 fully saturated rings. The second-order valence-electron chi connectivity index (χ2n) is 3.89. The Morgan fingerprint density at radius 3 is 2.52 bits per heavy atom. The summed E-state index contributed by atoms with van der Waals surface area (Å²) in [7, 11) is -0.837. The molecule has 114 valence electrons. The molecule has 1 aromatic heterocycles. The van der Waals surface area contributed by atoms with Crippen molar-refractivity contribution < 1.29 is 17.9 Å². The lowest BCUT2D eigenvalue weighted by atomic mass is 10.3. The molecule has 8 nitrogen and oxygen atoms in total. The molecule has 0 atom stereocenters. The first-order valence-corrected chi connectivity index (χ1v) is 8.01. The van der Waals surface area contributed by atoms with Crippen LogP contribution in [0.5, 0.6) is 11.5 Å². The van der Waals surface area contributed by atoms with Crippen LogP contribution in [0, 0.1) is 0 Å². The van der Waals surface area contributed by atoms with Crippen molar-refractivity contribution in [3.05, 3.63) is 28.8 Å². The van der Waals surface area contributed by atoms with Gasteiger partial charge >= 0.3 is 0 Å². The smallest absolute Gasteiger partial charge is 0.242 e. The summed E-state index contributed by atoms with van der Waals surface area (Å²) >= 11 is 3.22. The van der Waals surface area contributed by atoms with E-state index in [4.69, 9.17) is 9.47 Å². The summed E-state index contributed by atoms with van der Waals surface area (Å²) < 4.78 is 37.6. The predicted octanol–water partition coefficient (Wildman–Crippen LogP) is 1.06. The zero-order chi connectivity index (χ0) is 15.5. The van der Waals surface area contributed by atoms with Gasteiger partial charge in [-0.3, -0.25) is 5.10 Å². The molecule has 0 radical (unpaired) electrons. The summed E-state index contributed by atoms with van der Waals surface area (Å²) in [6.07, 6.45) is 1.30. The van der Waals surface area contributed by atoms with Crippen LogP contribution in [0.25, 0.3) is 0 Å². The van der Waals surface area contributed by atoms with Gasteiger partial charge in [-0.2, -0.15) is 5.10 Å². The van der Waals surface area contributed by atoms with E-state index in [9.17, 15) is 8.42 Å². The van der Waals surface area contributed by atoms with Crippen molar-refractivity contribution in [1.29, 1.82) is 0 Å². The van der Waals surface area contributed by atoms with Gasteiger partial charge in [0.1, 0.15) is 17.0 Å². The fourth-order valence-electron chi connectivity index (χ4n) is 1.60. The topological polar surface area (TPSA) is 106 Å². The largest absolute Gasteiger partial charge is 0.493 e. The molecule has 0 aliphatic heterocycles. The Hall–Kier alpha value is -1.65. The molecule has 0 spiro atoms. The third-order valence-electron chi connectivity index (χ3n) is 2.62. The number of hydrogen-bond acceptors (Lipinski definition) is 6.